The van der Waals surface area contributed by atoms with Crippen LogP contribution in [0.5, 0.6) is 0 Å². The molecule has 0 aliphatic rings. The highest BCUT2D eigenvalue weighted by Gasteiger charge is 1.91. The van der Waals surface area contributed by atoms with Crippen molar-refractivity contribution in [3.8, 4) is 0 Å². The molecule has 0 aliphatic heterocycles. The van der Waals surface area contributed by atoms with Crippen LogP contribution in [0.1, 0.15) is 18.1 Å². The first-order valence-corrected chi connectivity index (χ1v) is 6.69. The van der Waals surface area contributed by atoms with Crippen molar-refractivity contribution in [2.24, 2.45) is 0 Å². The van der Waals surface area contributed by atoms with E-state index in [2.05, 4.69) is 22.8 Å². The van der Waals surface area contributed by atoms with Gasteiger partial charge in [-0.05, 0) is 18.2 Å². The predicted molar refractivity (Wildman–Crippen MR) is 83.2 cm³/mol. The second kappa shape index (κ2) is 9.75. The number of benzene rings is 2. The number of carbonyl (C=O) groups excluding carboxylic acids is 1. The molecule has 20 heavy (non-hydrogen) atoms. The Morgan fingerprint density at radius 2 is 1.30 bits per heavy atom. The summed E-state index contributed by atoms with van der Waals surface area (Å²) in [5.74, 6) is 0.00820. The topological polar surface area (TPSA) is 41.1 Å². The summed E-state index contributed by atoms with van der Waals surface area (Å²) in [5, 5.41) is 5.81. The van der Waals surface area contributed by atoms with E-state index in [1.165, 1.54) is 12.5 Å². The lowest BCUT2D eigenvalue weighted by Gasteiger charge is -2.00. The van der Waals surface area contributed by atoms with E-state index >= 15 is 0 Å². The van der Waals surface area contributed by atoms with Gasteiger partial charge in [0.25, 0.3) is 0 Å². The van der Waals surface area contributed by atoms with Crippen molar-refractivity contribution in [2.45, 2.75) is 20.0 Å². The number of nitrogens with one attached hydrogen (secondary N) is 2. The Morgan fingerprint density at radius 1 is 0.850 bits per heavy atom. The third-order valence-electron chi connectivity index (χ3n) is 2.61. The van der Waals surface area contributed by atoms with Crippen LogP contribution in [-0.4, -0.2) is 13.0 Å². The van der Waals surface area contributed by atoms with E-state index in [1.54, 1.807) is 0 Å². The third kappa shape index (κ3) is 7.34. The number of rotatable bonds is 4. The third-order valence-corrected chi connectivity index (χ3v) is 2.61. The highest BCUT2D eigenvalue weighted by molar-refractivity contribution is 5.72. The molecule has 0 bridgehead atoms. The van der Waals surface area contributed by atoms with E-state index in [1.807, 2.05) is 55.6 Å². The summed E-state index contributed by atoms with van der Waals surface area (Å²) >= 11 is 0. The molecule has 2 aromatic rings. The van der Waals surface area contributed by atoms with Gasteiger partial charge in [0.15, 0.2) is 0 Å². The van der Waals surface area contributed by atoms with Gasteiger partial charge in [0.1, 0.15) is 0 Å². The van der Waals surface area contributed by atoms with Gasteiger partial charge >= 0.3 is 0 Å². The van der Waals surface area contributed by atoms with E-state index in [0.717, 1.165) is 12.1 Å². The highest BCUT2D eigenvalue weighted by atomic mass is 16.1. The van der Waals surface area contributed by atoms with Crippen molar-refractivity contribution < 1.29 is 4.79 Å². The minimum Gasteiger partial charge on any atom is -0.352 e. The normalized spacial score (nSPS) is 9.30. The summed E-state index contributed by atoms with van der Waals surface area (Å²) in [6.07, 6.45) is 0. The van der Waals surface area contributed by atoms with Crippen LogP contribution in [0, 0.1) is 0 Å². The van der Waals surface area contributed by atoms with Crippen LogP contribution in [0.2, 0.25) is 0 Å². The largest absolute Gasteiger partial charge is 0.352 e. The molecular formula is C17H22N2O. The second-order valence-electron chi connectivity index (χ2n) is 4.41. The highest BCUT2D eigenvalue weighted by Crippen LogP contribution is 1.96. The molecule has 0 radical (unpaired) electrons. The first-order valence-electron chi connectivity index (χ1n) is 6.69. The SMILES string of the molecule is CC(=O)NCc1ccccc1.CNCc1ccccc1. The molecule has 0 aromatic heterocycles. The van der Waals surface area contributed by atoms with Gasteiger partial charge in [-0.3, -0.25) is 4.79 Å². The lowest BCUT2D eigenvalue weighted by Crippen LogP contribution is -2.18. The monoisotopic (exact) mass is 270 g/mol. The molecule has 0 unspecified atom stereocenters. The van der Waals surface area contributed by atoms with Crippen LogP contribution in [0.4, 0.5) is 0 Å². The number of hydrogen-bond donors (Lipinski definition) is 2. The molecular weight excluding hydrogens is 248 g/mol. The quantitative estimate of drug-likeness (QED) is 0.897. The first kappa shape index (κ1) is 15.9. The summed E-state index contributed by atoms with van der Waals surface area (Å²) in [5.41, 5.74) is 2.46. The molecule has 0 fully saturated rings. The van der Waals surface area contributed by atoms with E-state index in [4.69, 9.17) is 0 Å². The standard InChI is InChI=1S/C9H11NO.C8H11N/c1-8(11)10-7-9-5-3-2-4-6-9;1-9-7-8-5-3-2-4-6-8/h2-6H,7H2,1H3,(H,10,11);2-6,9H,7H2,1H3. The summed E-state index contributed by atoms with van der Waals surface area (Å²) in [6, 6.07) is 20.2. The second-order valence-corrected chi connectivity index (χ2v) is 4.41. The molecule has 0 spiro atoms. The Hall–Kier alpha value is -2.13. The minimum atomic E-state index is 0.00820. The Balaban J connectivity index is 0.000000204. The Labute approximate surface area is 121 Å². The number of carbonyl (C=O) groups is 1. The zero-order chi connectivity index (χ0) is 14.6. The molecule has 0 heterocycles. The van der Waals surface area contributed by atoms with Gasteiger partial charge in [0.2, 0.25) is 5.91 Å². The fourth-order valence-corrected chi connectivity index (χ4v) is 1.62. The Bertz CT molecular complexity index is 483. The minimum absolute atomic E-state index is 0.00820. The maximum Gasteiger partial charge on any atom is 0.217 e. The summed E-state index contributed by atoms with van der Waals surface area (Å²) in [7, 11) is 1.95. The smallest absolute Gasteiger partial charge is 0.217 e. The molecule has 106 valence electrons. The van der Waals surface area contributed by atoms with Crippen molar-refractivity contribution in [3.63, 3.8) is 0 Å². The van der Waals surface area contributed by atoms with E-state index in [-0.39, 0.29) is 5.91 Å². The van der Waals surface area contributed by atoms with Gasteiger partial charge < -0.3 is 10.6 Å². The molecule has 0 saturated carbocycles. The number of amides is 1. The Morgan fingerprint density at radius 3 is 1.70 bits per heavy atom. The van der Waals surface area contributed by atoms with Crippen LogP contribution < -0.4 is 10.6 Å². The molecule has 0 aliphatic carbocycles. The van der Waals surface area contributed by atoms with Crippen LogP contribution in [0.15, 0.2) is 60.7 Å². The average Bonchev–Trinajstić information content (AvgIpc) is 2.48. The van der Waals surface area contributed by atoms with Crippen molar-refractivity contribution >= 4 is 5.91 Å². The van der Waals surface area contributed by atoms with E-state index < -0.39 is 0 Å². The van der Waals surface area contributed by atoms with E-state index in [9.17, 15) is 4.79 Å². The first-order chi connectivity index (χ1) is 9.72. The Kier molecular flexibility index (Phi) is 7.77. The average molecular weight is 270 g/mol. The predicted octanol–water partition coefficient (Wildman–Crippen LogP) is 2.73. The van der Waals surface area contributed by atoms with Crippen molar-refractivity contribution in [1.82, 2.24) is 10.6 Å². The number of hydrogen-bond acceptors (Lipinski definition) is 2. The van der Waals surface area contributed by atoms with Gasteiger partial charge in [-0.1, -0.05) is 60.7 Å². The fourth-order valence-electron chi connectivity index (χ4n) is 1.62. The van der Waals surface area contributed by atoms with Crippen molar-refractivity contribution in [2.75, 3.05) is 7.05 Å². The van der Waals surface area contributed by atoms with Gasteiger partial charge in [-0.2, -0.15) is 0 Å². The van der Waals surface area contributed by atoms with Crippen LogP contribution in [0.25, 0.3) is 0 Å². The van der Waals surface area contributed by atoms with Gasteiger partial charge in [-0.25, -0.2) is 0 Å². The zero-order valence-electron chi connectivity index (χ0n) is 12.1. The zero-order valence-corrected chi connectivity index (χ0v) is 12.1. The molecule has 0 atom stereocenters. The van der Waals surface area contributed by atoms with Gasteiger partial charge in [0, 0.05) is 20.0 Å². The van der Waals surface area contributed by atoms with Crippen molar-refractivity contribution in [1.29, 1.82) is 0 Å². The van der Waals surface area contributed by atoms with Gasteiger partial charge in [-0.15, -0.1) is 0 Å². The fraction of sp³-hybridized carbons (Fsp3) is 0.235. The maximum atomic E-state index is 10.5. The lowest BCUT2D eigenvalue weighted by atomic mass is 10.2. The molecule has 2 aromatic carbocycles. The van der Waals surface area contributed by atoms with Crippen LogP contribution in [-0.2, 0) is 17.9 Å². The van der Waals surface area contributed by atoms with Gasteiger partial charge in [0.05, 0.1) is 0 Å². The lowest BCUT2D eigenvalue weighted by molar-refractivity contribution is -0.119. The van der Waals surface area contributed by atoms with Crippen LogP contribution >= 0.6 is 0 Å². The maximum absolute atomic E-state index is 10.5. The van der Waals surface area contributed by atoms with Crippen LogP contribution in [0.3, 0.4) is 0 Å². The molecule has 1 amide bonds. The van der Waals surface area contributed by atoms with E-state index in [0.29, 0.717) is 6.54 Å². The van der Waals surface area contributed by atoms with Crippen molar-refractivity contribution in [3.05, 3.63) is 71.8 Å². The molecule has 3 heteroatoms. The summed E-state index contributed by atoms with van der Waals surface area (Å²) in [4.78, 5) is 10.5. The molecule has 0 saturated heterocycles. The molecule has 2 N–H and O–H groups in total. The summed E-state index contributed by atoms with van der Waals surface area (Å²) in [6.45, 7) is 3.10. The molecule has 3 nitrogen and oxygen atoms in total. The summed E-state index contributed by atoms with van der Waals surface area (Å²) < 4.78 is 0. The molecule has 2 rings (SSSR count).